The van der Waals surface area contributed by atoms with Crippen LogP contribution in [0.4, 0.5) is 5.82 Å². The zero-order valence-corrected chi connectivity index (χ0v) is 11.2. The molecule has 2 aromatic rings. The van der Waals surface area contributed by atoms with Crippen molar-refractivity contribution in [1.29, 1.82) is 0 Å². The summed E-state index contributed by atoms with van der Waals surface area (Å²) in [6.45, 7) is 6.35. The number of aryl methyl sites for hydroxylation is 1. The minimum Gasteiger partial charge on any atom is -0.383 e. The molecule has 0 bridgehead atoms. The van der Waals surface area contributed by atoms with Crippen LogP contribution in [-0.2, 0) is 6.42 Å². The van der Waals surface area contributed by atoms with Crippen molar-refractivity contribution >= 4 is 5.82 Å². The van der Waals surface area contributed by atoms with Gasteiger partial charge in [-0.2, -0.15) is 5.10 Å². The maximum Gasteiger partial charge on any atom is 0.126 e. The van der Waals surface area contributed by atoms with Crippen LogP contribution in [0.25, 0.3) is 0 Å². The molecule has 4 nitrogen and oxygen atoms in total. The molecular formula is C14H20N4. The van der Waals surface area contributed by atoms with E-state index in [1.807, 2.05) is 23.9 Å². The lowest BCUT2D eigenvalue weighted by Crippen LogP contribution is -2.05. The van der Waals surface area contributed by atoms with Gasteiger partial charge in [-0.1, -0.05) is 13.0 Å². The van der Waals surface area contributed by atoms with Crippen molar-refractivity contribution in [3.8, 4) is 0 Å². The van der Waals surface area contributed by atoms with E-state index in [0.29, 0.717) is 11.9 Å². The second-order valence-electron chi connectivity index (χ2n) is 4.78. The second kappa shape index (κ2) is 5.21. The lowest BCUT2D eigenvalue weighted by molar-refractivity contribution is 0.474. The maximum atomic E-state index is 5.88. The Labute approximate surface area is 108 Å². The molecule has 0 aliphatic rings. The zero-order chi connectivity index (χ0) is 13.1. The summed E-state index contributed by atoms with van der Waals surface area (Å²) in [5.41, 5.74) is 9.09. The van der Waals surface area contributed by atoms with Crippen LogP contribution in [-0.4, -0.2) is 14.8 Å². The fourth-order valence-electron chi connectivity index (χ4n) is 1.88. The first-order chi connectivity index (χ1) is 8.60. The fourth-order valence-corrected chi connectivity index (χ4v) is 1.88. The van der Waals surface area contributed by atoms with Crippen LogP contribution in [0.5, 0.6) is 0 Å². The highest BCUT2D eigenvalue weighted by atomic mass is 15.3. The van der Waals surface area contributed by atoms with E-state index in [1.54, 1.807) is 6.20 Å². The van der Waals surface area contributed by atoms with Gasteiger partial charge in [-0.25, -0.2) is 4.98 Å². The van der Waals surface area contributed by atoms with E-state index in [0.717, 1.165) is 29.7 Å². The van der Waals surface area contributed by atoms with Crippen LogP contribution < -0.4 is 5.73 Å². The molecule has 0 aliphatic carbocycles. The number of rotatable bonds is 4. The average Bonchev–Trinajstić information content (AvgIpc) is 2.81. The molecule has 0 spiro atoms. The number of hydrogen-bond donors (Lipinski definition) is 1. The molecule has 0 fully saturated rings. The molecule has 2 rings (SSSR count). The van der Waals surface area contributed by atoms with E-state index < -0.39 is 0 Å². The minimum atomic E-state index is 0.437. The molecule has 0 aromatic carbocycles. The summed E-state index contributed by atoms with van der Waals surface area (Å²) in [7, 11) is 0. The number of hydrogen-bond acceptors (Lipinski definition) is 3. The first-order valence-electron chi connectivity index (χ1n) is 6.35. The van der Waals surface area contributed by atoms with Gasteiger partial charge in [0.15, 0.2) is 0 Å². The predicted octanol–water partition coefficient (Wildman–Crippen LogP) is 2.73. The quantitative estimate of drug-likeness (QED) is 0.899. The molecule has 2 heterocycles. The molecule has 2 N–H and O–H groups in total. The van der Waals surface area contributed by atoms with Crippen LogP contribution >= 0.6 is 0 Å². The Hall–Kier alpha value is -1.84. The van der Waals surface area contributed by atoms with Crippen molar-refractivity contribution in [3.63, 3.8) is 0 Å². The molecule has 96 valence electrons. The van der Waals surface area contributed by atoms with Crippen LogP contribution in [0.2, 0.25) is 0 Å². The number of pyridine rings is 1. The van der Waals surface area contributed by atoms with Gasteiger partial charge in [0.1, 0.15) is 5.82 Å². The molecule has 0 aliphatic heterocycles. The summed E-state index contributed by atoms with van der Waals surface area (Å²) in [6, 6.07) is 4.56. The predicted molar refractivity (Wildman–Crippen MR) is 73.4 cm³/mol. The Morgan fingerprint density at radius 3 is 2.94 bits per heavy atom. The van der Waals surface area contributed by atoms with E-state index in [4.69, 9.17) is 5.73 Å². The third-order valence-electron chi connectivity index (χ3n) is 3.22. The molecule has 1 unspecified atom stereocenters. The van der Waals surface area contributed by atoms with Gasteiger partial charge in [-0.15, -0.1) is 0 Å². The Morgan fingerprint density at radius 1 is 1.44 bits per heavy atom. The molecule has 0 radical (unpaired) electrons. The highest BCUT2D eigenvalue weighted by Gasteiger charge is 2.07. The molecule has 18 heavy (non-hydrogen) atoms. The van der Waals surface area contributed by atoms with Crippen molar-refractivity contribution in [2.24, 2.45) is 0 Å². The molecule has 0 saturated heterocycles. The van der Waals surface area contributed by atoms with Gasteiger partial charge in [0.05, 0.1) is 5.69 Å². The Morgan fingerprint density at radius 2 is 2.22 bits per heavy atom. The summed E-state index contributed by atoms with van der Waals surface area (Å²) in [5.74, 6) is 0.596. The Bertz CT molecular complexity index is 530. The van der Waals surface area contributed by atoms with Gasteiger partial charge in [0.2, 0.25) is 0 Å². The Kier molecular flexibility index (Phi) is 3.65. The average molecular weight is 244 g/mol. The van der Waals surface area contributed by atoms with Gasteiger partial charge in [-0.3, -0.25) is 4.68 Å². The van der Waals surface area contributed by atoms with E-state index in [-0.39, 0.29) is 0 Å². The van der Waals surface area contributed by atoms with Gasteiger partial charge in [0.25, 0.3) is 0 Å². The van der Waals surface area contributed by atoms with E-state index >= 15 is 0 Å². The van der Waals surface area contributed by atoms with E-state index in [9.17, 15) is 0 Å². The maximum absolute atomic E-state index is 5.88. The summed E-state index contributed by atoms with van der Waals surface area (Å²) in [4.78, 5) is 4.18. The van der Waals surface area contributed by atoms with Gasteiger partial charge >= 0.3 is 0 Å². The number of nitrogens with zero attached hydrogens (tertiary/aromatic N) is 3. The summed E-state index contributed by atoms with van der Waals surface area (Å²) in [5, 5.41) is 4.58. The van der Waals surface area contributed by atoms with Crippen molar-refractivity contribution < 1.29 is 0 Å². The minimum absolute atomic E-state index is 0.437. The summed E-state index contributed by atoms with van der Waals surface area (Å²) in [6.07, 6.45) is 5.64. The first-order valence-corrected chi connectivity index (χ1v) is 6.35. The third-order valence-corrected chi connectivity index (χ3v) is 3.22. The molecule has 0 saturated carbocycles. The largest absolute Gasteiger partial charge is 0.383 e. The van der Waals surface area contributed by atoms with Crippen LogP contribution in [0.3, 0.4) is 0 Å². The van der Waals surface area contributed by atoms with Crippen LogP contribution in [0, 0.1) is 6.92 Å². The standard InChI is InChI=1S/C14H20N4/c1-4-11(3)18-6-5-13(17-18)8-12-7-10(2)9-16-14(12)15/h5-7,9,11H,4,8H2,1-3H3,(H2,15,16). The molecule has 0 amide bonds. The molecular weight excluding hydrogens is 224 g/mol. The zero-order valence-electron chi connectivity index (χ0n) is 11.2. The highest BCUT2D eigenvalue weighted by Crippen LogP contribution is 2.16. The fraction of sp³-hybridized carbons (Fsp3) is 0.429. The normalized spacial score (nSPS) is 12.6. The second-order valence-corrected chi connectivity index (χ2v) is 4.78. The van der Waals surface area contributed by atoms with Crippen molar-refractivity contribution in [3.05, 3.63) is 41.3 Å². The number of nitrogens with two attached hydrogens (primary N) is 1. The third kappa shape index (κ3) is 2.70. The summed E-state index contributed by atoms with van der Waals surface area (Å²) < 4.78 is 2.01. The molecule has 4 heteroatoms. The van der Waals surface area contributed by atoms with E-state index in [1.165, 1.54) is 0 Å². The van der Waals surface area contributed by atoms with Gasteiger partial charge in [0, 0.05) is 30.4 Å². The van der Waals surface area contributed by atoms with Crippen LogP contribution in [0.15, 0.2) is 24.5 Å². The Balaban J connectivity index is 2.18. The number of nitrogen functional groups attached to an aromatic ring is 1. The smallest absolute Gasteiger partial charge is 0.126 e. The summed E-state index contributed by atoms with van der Waals surface area (Å²) >= 11 is 0. The van der Waals surface area contributed by atoms with Crippen molar-refractivity contribution in [1.82, 2.24) is 14.8 Å². The van der Waals surface area contributed by atoms with Gasteiger partial charge < -0.3 is 5.73 Å². The highest BCUT2D eigenvalue weighted by molar-refractivity contribution is 5.42. The lowest BCUT2D eigenvalue weighted by atomic mass is 10.1. The van der Waals surface area contributed by atoms with Crippen molar-refractivity contribution in [2.75, 3.05) is 5.73 Å². The topological polar surface area (TPSA) is 56.7 Å². The van der Waals surface area contributed by atoms with Crippen molar-refractivity contribution in [2.45, 2.75) is 39.7 Å². The number of anilines is 1. The molecule has 2 aromatic heterocycles. The monoisotopic (exact) mass is 244 g/mol. The molecule has 1 atom stereocenters. The SMILES string of the molecule is CCC(C)n1ccc(Cc2cc(C)cnc2N)n1. The van der Waals surface area contributed by atoms with Crippen LogP contribution in [0.1, 0.15) is 43.1 Å². The lowest BCUT2D eigenvalue weighted by Gasteiger charge is -2.08. The van der Waals surface area contributed by atoms with Gasteiger partial charge in [-0.05, 0) is 31.9 Å². The van der Waals surface area contributed by atoms with E-state index in [2.05, 4.69) is 30.0 Å². The first kappa shape index (κ1) is 12.6. The number of aromatic nitrogens is 3.